The number of hydrogen-bond acceptors (Lipinski definition) is 6. The van der Waals surface area contributed by atoms with Gasteiger partial charge in [-0.3, -0.25) is 0 Å². The second-order valence-electron chi connectivity index (χ2n) is 9.03. The molecular formula is C32H30O2S4. The molecule has 0 aliphatic carbocycles. The molecule has 0 fully saturated rings. The van der Waals surface area contributed by atoms with Gasteiger partial charge in [-0.15, -0.1) is 45.3 Å². The van der Waals surface area contributed by atoms with Crippen molar-refractivity contribution in [1.82, 2.24) is 0 Å². The van der Waals surface area contributed by atoms with E-state index < -0.39 is 0 Å². The Kier molecular flexibility index (Phi) is 8.05. The van der Waals surface area contributed by atoms with Gasteiger partial charge in [0.05, 0.1) is 14.2 Å². The van der Waals surface area contributed by atoms with E-state index in [-0.39, 0.29) is 0 Å². The Morgan fingerprint density at radius 2 is 1.13 bits per heavy atom. The van der Waals surface area contributed by atoms with Gasteiger partial charge < -0.3 is 9.47 Å². The summed E-state index contributed by atoms with van der Waals surface area (Å²) in [5, 5.41) is 0. The van der Waals surface area contributed by atoms with Crippen LogP contribution in [0.25, 0.3) is 47.5 Å². The molecular weight excluding hydrogens is 545 g/mol. The molecule has 0 radical (unpaired) electrons. The Morgan fingerprint density at radius 3 is 1.66 bits per heavy atom. The predicted octanol–water partition coefficient (Wildman–Crippen LogP) is 11.1. The van der Waals surface area contributed by atoms with Crippen molar-refractivity contribution in [3.8, 4) is 40.8 Å². The number of hydrogen-bond donors (Lipinski definition) is 0. The summed E-state index contributed by atoms with van der Waals surface area (Å²) >= 11 is 7.48. The first-order valence-electron chi connectivity index (χ1n) is 12.3. The molecule has 4 aromatic heterocycles. The third kappa shape index (κ3) is 5.45. The molecule has 0 saturated carbocycles. The Labute approximate surface area is 241 Å². The minimum atomic E-state index is 0.828. The molecule has 0 aliphatic rings. The fourth-order valence-corrected chi connectivity index (χ4v) is 8.92. The standard InChI is InChI=1S/C32H30O2S4/c1-7-8-22-17-26(34-6)23(18-25(22)33-5)10-11-24-12-14-28(36-24)32-20(3)16-30(38-32)29-15-19(2)31(37-29)27-13-9-21(4)35-27/h7-18H,1-6H3/b8-7+,11-10+. The fraction of sp³-hybridized carbons (Fsp3) is 0.188. The normalized spacial score (nSPS) is 11.7. The summed E-state index contributed by atoms with van der Waals surface area (Å²) in [7, 11) is 3.41. The SMILES string of the molecule is C/C=C/c1cc(OC)c(/C=C/c2ccc(-c3sc(-c4cc(C)c(-c5ccc(C)s5)s4)cc3C)s2)cc1OC. The van der Waals surface area contributed by atoms with E-state index in [1.165, 1.54) is 50.1 Å². The summed E-state index contributed by atoms with van der Waals surface area (Å²) in [6.07, 6.45) is 8.29. The quantitative estimate of drug-likeness (QED) is 0.183. The monoisotopic (exact) mass is 574 g/mol. The first-order valence-corrected chi connectivity index (χ1v) is 15.6. The summed E-state index contributed by atoms with van der Waals surface area (Å²) in [6.45, 7) is 8.61. The summed E-state index contributed by atoms with van der Waals surface area (Å²) in [6, 6.07) is 17.6. The molecule has 0 bridgehead atoms. The zero-order valence-electron chi connectivity index (χ0n) is 22.4. The Hall–Kier alpha value is -2.90. The Balaban J connectivity index is 1.40. The maximum Gasteiger partial charge on any atom is 0.126 e. The van der Waals surface area contributed by atoms with Gasteiger partial charge in [-0.1, -0.05) is 12.2 Å². The molecule has 0 aliphatic heterocycles. The maximum atomic E-state index is 5.66. The number of rotatable bonds is 8. The highest BCUT2D eigenvalue weighted by Gasteiger charge is 2.16. The number of benzene rings is 1. The van der Waals surface area contributed by atoms with Crippen molar-refractivity contribution in [3.05, 3.63) is 86.6 Å². The smallest absolute Gasteiger partial charge is 0.126 e. The van der Waals surface area contributed by atoms with Gasteiger partial charge in [-0.25, -0.2) is 0 Å². The number of aryl methyl sites for hydroxylation is 3. The third-order valence-corrected chi connectivity index (χ3v) is 11.3. The van der Waals surface area contributed by atoms with Crippen molar-refractivity contribution >= 4 is 63.6 Å². The van der Waals surface area contributed by atoms with Crippen LogP contribution in [0.4, 0.5) is 0 Å². The lowest BCUT2D eigenvalue weighted by Crippen LogP contribution is -1.93. The van der Waals surface area contributed by atoms with Gasteiger partial charge in [0, 0.05) is 50.1 Å². The lowest BCUT2D eigenvalue weighted by molar-refractivity contribution is 0.401. The van der Waals surface area contributed by atoms with Crippen LogP contribution < -0.4 is 9.47 Å². The van der Waals surface area contributed by atoms with E-state index in [4.69, 9.17) is 9.47 Å². The van der Waals surface area contributed by atoms with Gasteiger partial charge in [0.1, 0.15) is 11.5 Å². The zero-order valence-corrected chi connectivity index (χ0v) is 25.6. The first-order chi connectivity index (χ1) is 18.4. The molecule has 4 heterocycles. The highest BCUT2D eigenvalue weighted by Crippen LogP contribution is 2.46. The minimum absolute atomic E-state index is 0.828. The maximum absolute atomic E-state index is 5.66. The molecule has 2 nitrogen and oxygen atoms in total. The fourth-order valence-electron chi connectivity index (χ4n) is 4.37. The van der Waals surface area contributed by atoms with Crippen LogP contribution in [0.1, 0.15) is 38.9 Å². The van der Waals surface area contributed by atoms with E-state index in [1.54, 1.807) is 14.2 Å². The molecule has 0 unspecified atom stereocenters. The molecule has 0 atom stereocenters. The van der Waals surface area contributed by atoms with E-state index in [9.17, 15) is 0 Å². The van der Waals surface area contributed by atoms with Crippen LogP contribution in [-0.2, 0) is 0 Å². The van der Waals surface area contributed by atoms with E-state index in [1.807, 2.05) is 76.6 Å². The molecule has 0 N–H and O–H groups in total. The molecule has 5 aromatic rings. The number of methoxy groups -OCH3 is 2. The van der Waals surface area contributed by atoms with Crippen LogP contribution in [0.15, 0.2) is 54.6 Å². The second-order valence-corrected chi connectivity index (χ2v) is 13.5. The van der Waals surface area contributed by atoms with Gasteiger partial charge in [-0.05, 0) is 99.5 Å². The predicted molar refractivity (Wildman–Crippen MR) is 172 cm³/mol. The molecule has 5 rings (SSSR count). The van der Waals surface area contributed by atoms with E-state index in [2.05, 4.69) is 69.3 Å². The average Bonchev–Trinajstić information content (AvgIpc) is 3.70. The average molecular weight is 575 g/mol. The van der Waals surface area contributed by atoms with Crippen molar-refractivity contribution in [3.63, 3.8) is 0 Å². The molecule has 194 valence electrons. The van der Waals surface area contributed by atoms with Crippen LogP contribution >= 0.6 is 45.3 Å². The zero-order chi connectivity index (χ0) is 26.8. The van der Waals surface area contributed by atoms with E-state index in [0.717, 1.165) is 22.6 Å². The molecule has 0 amide bonds. The van der Waals surface area contributed by atoms with Crippen molar-refractivity contribution in [2.45, 2.75) is 27.7 Å². The Morgan fingerprint density at radius 1 is 0.579 bits per heavy atom. The van der Waals surface area contributed by atoms with Crippen LogP contribution in [0, 0.1) is 20.8 Å². The summed E-state index contributed by atoms with van der Waals surface area (Å²) in [4.78, 5) is 10.7. The van der Waals surface area contributed by atoms with Crippen LogP contribution in [-0.4, -0.2) is 14.2 Å². The lowest BCUT2D eigenvalue weighted by Gasteiger charge is -2.11. The van der Waals surface area contributed by atoms with E-state index >= 15 is 0 Å². The van der Waals surface area contributed by atoms with Gasteiger partial charge in [0.15, 0.2) is 0 Å². The highest BCUT2D eigenvalue weighted by atomic mass is 32.1. The topological polar surface area (TPSA) is 18.5 Å². The minimum Gasteiger partial charge on any atom is -0.496 e. The summed E-state index contributed by atoms with van der Waals surface area (Å²) < 4.78 is 11.3. The molecule has 38 heavy (non-hydrogen) atoms. The van der Waals surface area contributed by atoms with Crippen molar-refractivity contribution < 1.29 is 9.47 Å². The summed E-state index contributed by atoms with van der Waals surface area (Å²) in [5.41, 5.74) is 4.68. The molecule has 6 heteroatoms. The number of allylic oxidation sites excluding steroid dienone is 1. The number of thiophene rings is 4. The van der Waals surface area contributed by atoms with Crippen molar-refractivity contribution in [2.75, 3.05) is 14.2 Å². The first kappa shape index (κ1) is 26.7. The third-order valence-electron chi connectivity index (χ3n) is 6.25. The van der Waals surface area contributed by atoms with Gasteiger partial charge in [0.25, 0.3) is 0 Å². The van der Waals surface area contributed by atoms with Crippen LogP contribution in [0.2, 0.25) is 0 Å². The second kappa shape index (κ2) is 11.5. The van der Waals surface area contributed by atoms with Crippen LogP contribution in [0.5, 0.6) is 11.5 Å². The molecule has 1 aromatic carbocycles. The molecule has 0 spiro atoms. The summed E-state index contributed by atoms with van der Waals surface area (Å²) in [5.74, 6) is 1.66. The Bertz CT molecular complexity index is 1640. The highest BCUT2D eigenvalue weighted by molar-refractivity contribution is 7.28. The number of ether oxygens (including phenoxy) is 2. The van der Waals surface area contributed by atoms with Gasteiger partial charge >= 0.3 is 0 Å². The van der Waals surface area contributed by atoms with Crippen molar-refractivity contribution in [1.29, 1.82) is 0 Å². The van der Waals surface area contributed by atoms with Crippen molar-refractivity contribution in [2.24, 2.45) is 0 Å². The molecule has 0 saturated heterocycles. The largest absolute Gasteiger partial charge is 0.496 e. The van der Waals surface area contributed by atoms with Gasteiger partial charge in [-0.2, -0.15) is 0 Å². The van der Waals surface area contributed by atoms with Crippen LogP contribution in [0.3, 0.4) is 0 Å². The van der Waals surface area contributed by atoms with E-state index in [0.29, 0.717) is 0 Å². The van der Waals surface area contributed by atoms with Gasteiger partial charge in [0.2, 0.25) is 0 Å². The lowest BCUT2D eigenvalue weighted by atomic mass is 10.1.